The number of aryl methyl sites for hydroxylation is 2. The summed E-state index contributed by atoms with van der Waals surface area (Å²) in [4.78, 5) is 26.8. The van der Waals surface area contributed by atoms with Crippen molar-refractivity contribution in [3.8, 4) is 0 Å². The van der Waals surface area contributed by atoms with Crippen LogP contribution in [-0.2, 0) is 12.8 Å². The molecule has 88 valence electrons. The maximum atomic E-state index is 11.1. The van der Waals surface area contributed by atoms with Crippen molar-refractivity contribution in [3.05, 3.63) is 62.4 Å². The van der Waals surface area contributed by atoms with Gasteiger partial charge in [-0.2, -0.15) is 0 Å². The van der Waals surface area contributed by atoms with Crippen molar-refractivity contribution < 1.29 is 0 Å². The van der Waals surface area contributed by atoms with Gasteiger partial charge in [0.15, 0.2) is 0 Å². The van der Waals surface area contributed by atoms with Gasteiger partial charge in [-0.1, -0.05) is 12.1 Å². The summed E-state index contributed by atoms with van der Waals surface area (Å²) in [5.74, 6) is 0. The van der Waals surface area contributed by atoms with Crippen LogP contribution in [0.1, 0.15) is 11.3 Å². The molecule has 0 aliphatic heterocycles. The van der Waals surface area contributed by atoms with Crippen molar-refractivity contribution in [2.75, 3.05) is 5.73 Å². The first-order valence-electron chi connectivity index (χ1n) is 5.30. The molecular weight excluding hydrogens is 218 g/mol. The fourth-order valence-electron chi connectivity index (χ4n) is 1.62. The van der Waals surface area contributed by atoms with Crippen LogP contribution in [0.2, 0.25) is 0 Å². The van der Waals surface area contributed by atoms with E-state index in [1.165, 1.54) is 6.07 Å². The van der Waals surface area contributed by atoms with Gasteiger partial charge in [0.1, 0.15) is 0 Å². The van der Waals surface area contributed by atoms with Crippen molar-refractivity contribution in [3.63, 3.8) is 0 Å². The monoisotopic (exact) mass is 231 g/mol. The molecule has 0 fully saturated rings. The number of nitrogens with two attached hydrogens (primary N) is 1. The number of nitrogen functional groups attached to an aromatic ring is 1. The summed E-state index contributed by atoms with van der Waals surface area (Å²) in [5, 5.41) is 0. The van der Waals surface area contributed by atoms with E-state index in [2.05, 4.69) is 9.97 Å². The SMILES string of the molecule is Nc1ccc(CCc2cc(=O)[nH]c(=O)[nH]2)cc1. The number of hydrogen-bond acceptors (Lipinski definition) is 3. The Hall–Kier alpha value is -2.30. The second kappa shape index (κ2) is 4.69. The van der Waals surface area contributed by atoms with Crippen LogP contribution in [0.25, 0.3) is 0 Å². The predicted molar refractivity (Wildman–Crippen MR) is 65.9 cm³/mol. The first-order chi connectivity index (χ1) is 8.13. The van der Waals surface area contributed by atoms with Crippen molar-refractivity contribution in [1.29, 1.82) is 0 Å². The third kappa shape index (κ3) is 3.07. The topological polar surface area (TPSA) is 91.7 Å². The molecule has 17 heavy (non-hydrogen) atoms. The van der Waals surface area contributed by atoms with E-state index in [0.717, 1.165) is 17.7 Å². The molecule has 1 aromatic heterocycles. The van der Waals surface area contributed by atoms with E-state index >= 15 is 0 Å². The third-order valence-corrected chi connectivity index (χ3v) is 2.48. The van der Waals surface area contributed by atoms with E-state index < -0.39 is 5.69 Å². The van der Waals surface area contributed by atoms with Crippen LogP contribution < -0.4 is 17.0 Å². The second-order valence-corrected chi connectivity index (χ2v) is 3.85. The molecule has 0 saturated heterocycles. The Labute approximate surface area is 97.3 Å². The number of anilines is 1. The minimum absolute atomic E-state index is 0.374. The number of H-pyrrole nitrogens is 2. The molecule has 2 aromatic rings. The molecular formula is C12H13N3O2. The van der Waals surface area contributed by atoms with Gasteiger partial charge in [0, 0.05) is 17.4 Å². The number of nitrogens with one attached hydrogen (secondary N) is 2. The second-order valence-electron chi connectivity index (χ2n) is 3.85. The molecule has 4 N–H and O–H groups in total. The van der Waals surface area contributed by atoms with E-state index in [0.29, 0.717) is 12.1 Å². The van der Waals surface area contributed by atoms with Crippen LogP contribution in [0.5, 0.6) is 0 Å². The Balaban J connectivity index is 2.09. The summed E-state index contributed by atoms with van der Waals surface area (Å²) >= 11 is 0. The molecule has 0 bridgehead atoms. The molecule has 2 rings (SSSR count). The molecule has 0 unspecified atom stereocenters. The lowest BCUT2D eigenvalue weighted by molar-refractivity contribution is 0.872. The van der Waals surface area contributed by atoms with Crippen LogP contribution >= 0.6 is 0 Å². The molecule has 1 aromatic carbocycles. The summed E-state index contributed by atoms with van der Waals surface area (Å²) in [6, 6.07) is 8.92. The van der Waals surface area contributed by atoms with Crippen LogP contribution in [0.4, 0.5) is 5.69 Å². The standard InChI is InChI=1S/C12H13N3O2/c13-9-4-1-8(2-5-9)3-6-10-7-11(16)15-12(17)14-10/h1-2,4-5,7H,3,6,13H2,(H2,14,15,16,17). The maximum absolute atomic E-state index is 11.1. The molecule has 0 aliphatic rings. The van der Waals surface area contributed by atoms with E-state index in [-0.39, 0.29) is 5.56 Å². The summed E-state index contributed by atoms with van der Waals surface area (Å²) in [6.45, 7) is 0. The normalized spacial score (nSPS) is 10.4. The average molecular weight is 231 g/mol. The van der Waals surface area contributed by atoms with Gasteiger partial charge in [-0.15, -0.1) is 0 Å². The van der Waals surface area contributed by atoms with E-state index in [1.807, 2.05) is 24.3 Å². The number of aromatic amines is 2. The van der Waals surface area contributed by atoms with Crippen LogP contribution in [0.15, 0.2) is 39.9 Å². The van der Waals surface area contributed by atoms with Gasteiger partial charge in [-0.05, 0) is 30.5 Å². The van der Waals surface area contributed by atoms with Crippen molar-refractivity contribution in [2.45, 2.75) is 12.8 Å². The Kier molecular flexibility index (Phi) is 3.09. The van der Waals surface area contributed by atoms with Crippen LogP contribution in [0.3, 0.4) is 0 Å². The lowest BCUT2D eigenvalue weighted by atomic mass is 10.1. The summed E-state index contributed by atoms with van der Waals surface area (Å²) in [5.41, 5.74) is 7.21. The highest BCUT2D eigenvalue weighted by molar-refractivity contribution is 5.39. The maximum Gasteiger partial charge on any atom is 0.325 e. The Morgan fingerprint density at radius 1 is 1.00 bits per heavy atom. The van der Waals surface area contributed by atoms with E-state index in [9.17, 15) is 9.59 Å². The van der Waals surface area contributed by atoms with Crippen molar-refractivity contribution >= 4 is 5.69 Å². The smallest absolute Gasteiger partial charge is 0.325 e. The molecule has 0 saturated carbocycles. The zero-order valence-electron chi connectivity index (χ0n) is 9.19. The molecule has 5 nitrogen and oxygen atoms in total. The largest absolute Gasteiger partial charge is 0.399 e. The Morgan fingerprint density at radius 2 is 1.71 bits per heavy atom. The molecule has 0 atom stereocenters. The first-order valence-corrected chi connectivity index (χ1v) is 5.30. The molecule has 0 aliphatic carbocycles. The number of hydrogen-bond donors (Lipinski definition) is 3. The van der Waals surface area contributed by atoms with Gasteiger partial charge in [0.25, 0.3) is 5.56 Å². The Bertz CT molecular complexity index is 582. The summed E-state index contributed by atoms with van der Waals surface area (Å²) in [6.07, 6.45) is 1.36. The van der Waals surface area contributed by atoms with E-state index in [1.54, 1.807) is 0 Å². The lowest BCUT2D eigenvalue weighted by Crippen LogP contribution is -2.23. The molecule has 0 spiro atoms. The number of rotatable bonds is 3. The van der Waals surface area contributed by atoms with Gasteiger partial charge in [-0.3, -0.25) is 9.78 Å². The van der Waals surface area contributed by atoms with Crippen molar-refractivity contribution in [2.24, 2.45) is 0 Å². The van der Waals surface area contributed by atoms with Crippen molar-refractivity contribution in [1.82, 2.24) is 9.97 Å². The molecule has 0 radical (unpaired) electrons. The quantitative estimate of drug-likeness (QED) is 0.669. The Morgan fingerprint density at radius 3 is 2.35 bits per heavy atom. The van der Waals surface area contributed by atoms with Gasteiger partial charge in [-0.25, -0.2) is 4.79 Å². The molecule has 1 heterocycles. The zero-order chi connectivity index (χ0) is 12.3. The van der Waals surface area contributed by atoms with Gasteiger partial charge < -0.3 is 10.7 Å². The predicted octanol–water partition coefficient (Wildman–Crippen LogP) is 0.431. The van der Waals surface area contributed by atoms with Crippen LogP contribution in [-0.4, -0.2) is 9.97 Å². The molecule has 5 heteroatoms. The highest BCUT2D eigenvalue weighted by Crippen LogP contribution is 2.07. The fraction of sp³-hybridized carbons (Fsp3) is 0.167. The summed E-state index contributed by atoms with van der Waals surface area (Å²) < 4.78 is 0. The lowest BCUT2D eigenvalue weighted by Gasteiger charge is -2.02. The van der Waals surface area contributed by atoms with Gasteiger partial charge in [0.2, 0.25) is 0 Å². The minimum atomic E-state index is -0.468. The zero-order valence-corrected chi connectivity index (χ0v) is 9.19. The third-order valence-electron chi connectivity index (χ3n) is 2.48. The molecule has 0 amide bonds. The minimum Gasteiger partial charge on any atom is -0.399 e. The van der Waals surface area contributed by atoms with Gasteiger partial charge in [0.05, 0.1) is 0 Å². The fourth-order valence-corrected chi connectivity index (χ4v) is 1.62. The first kappa shape index (κ1) is 11.2. The van der Waals surface area contributed by atoms with E-state index in [4.69, 9.17) is 5.73 Å². The van der Waals surface area contributed by atoms with Gasteiger partial charge >= 0.3 is 5.69 Å². The van der Waals surface area contributed by atoms with Crippen LogP contribution in [0, 0.1) is 0 Å². The highest BCUT2D eigenvalue weighted by atomic mass is 16.2. The average Bonchev–Trinajstić information content (AvgIpc) is 2.27. The number of benzene rings is 1. The highest BCUT2D eigenvalue weighted by Gasteiger charge is 1.98. The summed E-state index contributed by atoms with van der Waals surface area (Å²) in [7, 11) is 0. The number of aromatic nitrogens is 2.